The van der Waals surface area contributed by atoms with Gasteiger partial charge in [0.1, 0.15) is 11.2 Å². The molecule has 20 heavy (non-hydrogen) atoms. The summed E-state index contributed by atoms with van der Waals surface area (Å²) >= 11 is 3.37. The SMILES string of the molecule is CC1(C)C2CCC1(C(=O)Nc1ccc(Br)cc1)C(=O)C2. The monoisotopic (exact) mass is 335 g/mol. The number of anilines is 1. The number of hydrogen-bond donors (Lipinski definition) is 1. The maximum absolute atomic E-state index is 12.8. The average Bonchev–Trinajstić information content (AvgIpc) is 2.76. The third-order valence-corrected chi connectivity index (χ3v) is 5.91. The first-order valence-corrected chi connectivity index (χ1v) is 7.77. The van der Waals surface area contributed by atoms with Gasteiger partial charge in [0.2, 0.25) is 5.91 Å². The summed E-state index contributed by atoms with van der Waals surface area (Å²) in [6.07, 6.45) is 2.22. The highest BCUT2D eigenvalue weighted by atomic mass is 79.9. The molecule has 3 nitrogen and oxygen atoms in total. The summed E-state index contributed by atoms with van der Waals surface area (Å²) in [7, 11) is 0. The lowest BCUT2D eigenvalue weighted by Gasteiger charge is -2.34. The van der Waals surface area contributed by atoms with Crippen molar-refractivity contribution in [1.82, 2.24) is 0 Å². The number of hydrogen-bond acceptors (Lipinski definition) is 2. The molecule has 1 N–H and O–H groups in total. The molecule has 0 saturated heterocycles. The maximum atomic E-state index is 12.8. The zero-order chi connectivity index (χ0) is 14.5. The standard InChI is InChI=1S/C16H18BrNO2/c1-15(2)10-7-8-16(15,13(19)9-10)14(20)18-12-5-3-11(17)4-6-12/h3-6,10H,7-9H2,1-2H3,(H,18,20). The van der Waals surface area contributed by atoms with Crippen molar-refractivity contribution in [3.8, 4) is 0 Å². The molecule has 2 fully saturated rings. The molecule has 2 saturated carbocycles. The van der Waals surface area contributed by atoms with Gasteiger partial charge in [-0.1, -0.05) is 29.8 Å². The van der Waals surface area contributed by atoms with Gasteiger partial charge in [-0.2, -0.15) is 0 Å². The summed E-state index contributed by atoms with van der Waals surface area (Å²) in [5, 5.41) is 2.93. The second-order valence-corrected chi connectivity index (χ2v) is 7.37. The van der Waals surface area contributed by atoms with E-state index in [4.69, 9.17) is 0 Å². The van der Waals surface area contributed by atoms with Gasteiger partial charge < -0.3 is 5.32 Å². The molecular formula is C16H18BrNO2. The molecule has 0 aliphatic heterocycles. The Bertz CT molecular complexity index is 579. The van der Waals surface area contributed by atoms with Gasteiger partial charge in [-0.15, -0.1) is 0 Å². The van der Waals surface area contributed by atoms with E-state index in [1.54, 1.807) is 0 Å². The smallest absolute Gasteiger partial charge is 0.238 e. The molecule has 2 bridgehead atoms. The lowest BCUT2D eigenvalue weighted by molar-refractivity contribution is -0.141. The Morgan fingerprint density at radius 1 is 1.30 bits per heavy atom. The van der Waals surface area contributed by atoms with Crippen LogP contribution in [0.25, 0.3) is 0 Å². The Balaban J connectivity index is 1.90. The fourth-order valence-corrected chi connectivity index (χ4v) is 4.24. The topological polar surface area (TPSA) is 46.2 Å². The van der Waals surface area contributed by atoms with Gasteiger partial charge in [0.15, 0.2) is 0 Å². The van der Waals surface area contributed by atoms with Crippen molar-refractivity contribution < 1.29 is 9.59 Å². The van der Waals surface area contributed by atoms with E-state index in [-0.39, 0.29) is 17.1 Å². The molecule has 0 spiro atoms. The highest BCUT2D eigenvalue weighted by Gasteiger charge is 2.68. The molecule has 1 amide bonds. The predicted molar refractivity (Wildman–Crippen MR) is 81.3 cm³/mol. The number of rotatable bonds is 2. The number of benzene rings is 1. The van der Waals surface area contributed by atoms with E-state index in [0.717, 1.165) is 16.6 Å². The van der Waals surface area contributed by atoms with E-state index in [1.165, 1.54) is 0 Å². The Morgan fingerprint density at radius 3 is 2.45 bits per heavy atom. The second-order valence-electron chi connectivity index (χ2n) is 6.45. The molecular weight excluding hydrogens is 318 g/mol. The summed E-state index contributed by atoms with van der Waals surface area (Å²) in [5.41, 5.74) is -0.319. The lowest BCUT2D eigenvalue weighted by Crippen LogP contribution is -2.46. The van der Waals surface area contributed by atoms with Crippen LogP contribution < -0.4 is 5.32 Å². The molecule has 2 aliphatic carbocycles. The van der Waals surface area contributed by atoms with Crippen molar-refractivity contribution in [3.05, 3.63) is 28.7 Å². The number of halogens is 1. The minimum atomic E-state index is -0.829. The molecule has 0 heterocycles. The highest BCUT2D eigenvalue weighted by molar-refractivity contribution is 9.10. The van der Waals surface area contributed by atoms with Gasteiger partial charge >= 0.3 is 0 Å². The van der Waals surface area contributed by atoms with Crippen LogP contribution in [0, 0.1) is 16.7 Å². The van der Waals surface area contributed by atoms with Gasteiger partial charge in [-0.3, -0.25) is 9.59 Å². The van der Waals surface area contributed by atoms with Crippen LogP contribution in [-0.2, 0) is 9.59 Å². The number of fused-ring (bicyclic) bond motifs is 2. The van der Waals surface area contributed by atoms with Gasteiger partial charge in [0.25, 0.3) is 0 Å². The molecule has 106 valence electrons. The first-order valence-electron chi connectivity index (χ1n) is 6.98. The molecule has 1 aromatic carbocycles. The summed E-state index contributed by atoms with van der Waals surface area (Å²) in [4.78, 5) is 25.2. The van der Waals surface area contributed by atoms with E-state index >= 15 is 0 Å². The minimum absolute atomic E-state index is 0.119. The van der Waals surface area contributed by atoms with Crippen molar-refractivity contribution in [2.24, 2.45) is 16.7 Å². The number of carbonyl (C=O) groups is 2. The predicted octanol–water partition coefficient (Wildman–Crippen LogP) is 3.78. The van der Waals surface area contributed by atoms with Gasteiger partial charge in [0, 0.05) is 16.6 Å². The molecule has 2 aliphatic rings. The van der Waals surface area contributed by atoms with E-state index < -0.39 is 5.41 Å². The molecule has 1 aromatic rings. The van der Waals surface area contributed by atoms with Gasteiger partial charge in [0.05, 0.1) is 0 Å². The van der Waals surface area contributed by atoms with Crippen molar-refractivity contribution in [3.63, 3.8) is 0 Å². The fraction of sp³-hybridized carbons (Fsp3) is 0.500. The van der Waals surface area contributed by atoms with Crippen LogP contribution >= 0.6 is 15.9 Å². The van der Waals surface area contributed by atoms with E-state index in [9.17, 15) is 9.59 Å². The van der Waals surface area contributed by atoms with Crippen LogP contribution in [-0.4, -0.2) is 11.7 Å². The van der Waals surface area contributed by atoms with Crippen LogP contribution in [0.3, 0.4) is 0 Å². The molecule has 3 rings (SSSR count). The number of nitrogens with one attached hydrogen (secondary N) is 1. The minimum Gasteiger partial charge on any atom is -0.325 e. The summed E-state index contributed by atoms with van der Waals surface area (Å²) in [6.45, 7) is 4.13. The van der Waals surface area contributed by atoms with Crippen molar-refractivity contribution in [2.45, 2.75) is 33.1 Å². The number of carbonyl (C=O) groups excluding carboxylic acids is 2. The number of Topliss-reactive ketones (excluding diaryl/α,β-unsaturated/α-hetero) is 1. The van der Waals surface area contributed by atoms with Crippen LogP contribution in [0.2, 0.25) is 0 Å². The van der Waals surface area contributed by atoms with Gasteiger partial charge in [-0.05, 0) is 48.4 Å². The van der Waals surface area contributed by atoms with Gasteiger partial charge in [-0.25, -0.2) is 0 Å². The molecule has 2 atom stereocenters. The molecule has 2 unspecified atom stereocenters. The second kappa shape index (κ2) is 4.42. The zero-order valence-electron chi connectivity index (χ0n) is 11.7. The molecule has 0 aromatic heterocycles. The van der Waals surface area contributed by atoms with Crippen molar-refractivity contribution >= 4 is 33.3 Å². The maximum Gasteiger partial charge on any atom is 0.238 e. The largest absolute Gasteiger partial charge is 0.325 e. The fourth-order valence-electron chi connectivity index (χ4n) is 3.98. The Kier molecular flexibility index (Phi) is 3.05. The quantitative estimate of drug-likeness (QED) is 0.836. The normalized spacial score (nSPS) is 30.6. The number of amides is 1. The third kappa shape index (κ3) is 1.70. The highest BCUT2D eigenvalue weighted by Crippen LogP contribution is 2.64. The van der Waals surface area contributed by atoms with Crippen LogP contribution in [0.1, 0.15) is 33.1 Å². The third-order valence-electron chi connectivity index (χ3n) is 5.39. The average molecular weight is 336 g/mol. The number of ketones is 1. The van der Waals surface area contributed by atoms with Crippen molar-refractivity contribution in [1.29, 1.82) is 0 Å². The van der Waals surface area contributed by atoms with Crippen molar-refractivity contribution in [2.75, 3.05) is 5.32 Å². The van der Waals surface area contributed by atoms with E-state index in [0.29, 0.717) is 18.8 Å². The Morgan fingerprint density at radius 2 is 1.95 bits per heavy atom. The first kappa shape index (κ1) is 13.8. The van der Waals surface area contributed by atoms with E-state index in [1.807, 2.05) is 24.3 Å². The lowest BCUT2D eigenvalue weighted by atomic mass is 9.68. The Labute approximate surface area is 127 Å². The van der Waals surface area contributed by atoms with E-state index in [2.05, 4.69) is 35.1 Å². The summed E-state index contributed by atoms with van der Waals surface area (Å²) < 4.78 is 0.965. The summed E-state index contributed by atoms with van der Waals surface area (Å²) in [6, 6.07) is 7.45. The molecule has 4 heteroatoms. The molecule has 0 radical (unpaired) electrons. The zero-order valence-corrected chi connectivity index (χ0v) is 13.3. The van der Waals surface area contributed by atoms with Crippen LogP contribution in [0.15, 0.2) is 28.7 Å². The van der Waals surface area contributed by atoms with Crippen LogP contribution in [0.5, 0.6) is 0 Å². The summed E-state index contributed by atoms with van der Waals surface area (Å²) in [5.74, 6) is 0.342. The first-order chi connectivity index (χ1) is 9.38. The Hall–Kier alpha value is -1.16. The van der Waals surface area contributed by atoms with Crippen LogP contribution in [0.4, 0.5) is 5.69 Å².